The minimum absolute atomic E-state index is 0.170. The molecule has 0 unspecified atom stereocenters. The van der Waals surface area contributed by atoms with Gasteiger partial charge < -0.3 is 19.7 Å². The second-order valence-electron chi connectivity index (χ2n) is 13.6. The summed E-state index contributed by atoms with van der Waals surface area (Å²) in [5, 5.41) is 13.1. The summed E-state index contributed by atoms with van der Waals surface area (Å²) >= 11 is 0. The summed E-state index contributed by atoms with van der Waals surface area (Å²) in [5.41, 5.74) is 2.44. The molecule has 0 atom stereocenters. The molecule has 5 rings (SSSR count). The first-order chi connectivity index (χ1) is 21.3. The number of likely N-dealkylation sites (tertiary alicyclic amines) is 1. The molecule has 2 amide bonds. The predicted octanol–water partition coefficient (Wildman–Crippen LogP) is 7.17. The molecule has 11 nitrogen and oxygen atoms in total. The molecule has 1 saturated carbocycles. The van der Waals surface area contributed by atoms with Crippen LogP contribution in [0.2, 0.25) is 0 Å². The summed E-state index contributed by atoms with van der Waals surface area (Å²) in [6.07, 6.45) is 7.78. The van der Waals surface area contributed by atoms with Crippen LogP contribution in [0.4, 0.5) is 26.9 Å². The fourth-order valence-electron chi connectivity index (χ4n) is 5.10. The number of piperidine rings is 1. The van der Waals surface area contributed by atoms with Gasteiger partial charge in [0.25, 0.3) is 0 Å². The Bertz CT molecular complexity index is 1590. The largest absolute Gasteiger partial charge is 0.444 e. The summed E-state index contributed by atoms with van der Waals surface area (Å²) in [4.78, 5) is 43.0. The molecular formula is C34H41N7O4. The third-order valence-corrected chi connectivity index (χ3v) is 7.34. The van der Waals surface area contributed by atoms with Crippen LogP contribution in [0, 0.1) is 11.3 Å². The zero-order valence-electron chi connectivity index (χ0n) is 26.8. The first-order valence-electron chi connectivity index (χ1n) is 15.4. The Morgan fingerprint density at radius 3 is 2.31 bits per heavy atom. The zero-order valence-corrected chi connectivity index (χ0v) is 26.8. The van der Waals surface area contributed by atoms with Gasteiger partial charge in [-0.05, 0) is 109 Å². The van der Waals surface area contributed by atoms with Crippen molar-refractivity contribution in [3.8, 4) is 17.3 Å². The minimum Gasteiger partial charge on any atom is -0.444 e. The average Bonchev–Trinajstić information content (AvgIpc) is 3.82. The Morgan fingerprint density at radius 2 is 1.67 bits per heavy atom. The minimum atomic E-state index is -0.758. The fraction of sp³-hybridized carbons (Fsp3) is 0.471. The molecule has 0 radical (unpaired) electrons. The molecule has 1 N–H and O–H groups in total. The van der Waals surface area contributed by atoms with Gasteiger partial charge in [0.05, 0.1) is 23.0 Å². The molecule has 1 aliphatic carbocycles. The molecule has 11 heteroatoms. The number of anilines is 3. The topological polar surface area (TPSA) is 134 Å². The van der Waals surface area contributed by atoms with E-state index in [1.54, 1.807) is 50.2 Å². The highest BCUT2D eigenvalue weighted by Gasteiger charge is 2.31. The summed E-state index contributed by atoms with van der Waals surface area (Å²) < 4.78 is 11.3. The third kappa shape index (κ3) is 8.47. The molecule has 2 aliphatic rings. The van der Waals surface area contributed by atoms with E-state index in [1.165, 1.54) is 11.1 Å². The third-order valence-electron chi connectivity index (χ3n) is 7.34. The van der Waals surface area contributed by atoms with E-state index >= 15 is 0 Å². The van der Waals surface area contributed by atoms with Crippen molar-refractivity contribution in [1.29, 1.82) is 5.26 Å². The van der Waals surface area contributed by atoms with Crippen molar-refractivity contribution < 1.29 is 19.1 Å². The number of hydrogen-bond acceptors (Lipinski definition) is 9. The van der Waals surface area contributed by atoms with Crippen LogP contribution in [0.25, 0.3) is 11.3 Å². The van der Waals surface area contributed by atoms with Crippen LogP contribution < -0.4 is 10.2 Å². The van der Waals surface area contributed by atoms with E-state index in [-0.39, 0.29) is 18.0 Å². The molecule has 236 valence electrons. The fourth-order valence-corrected chi connectivity index (χ4v) is 5.10. The van der Waals surface area contributed by atoms with Gasteiger partial charge in [-0.3, -0.25) is 4.98 Å². The van der Waals surface area contributed by atoms with Crippen molar-refractivity contribution in [2.24, 2.45) is 0 Å². The number of aromatic nitrogens is 3. The van der Waals surface area contributed by atoms with Crippen LogP contribution in [0.5, 0.6) is 0 Å². The highest BCUT2D eigenvalue weighted by molar-refractivity contribution is 5.94. The Morgan fingerprint density at radius 1 is 0.956 bits per heavy atom. The lowest BCUT2D eigenvalue weighted by atomic mass is 10.0. The van der Waals surface area contributed by atoms with Crippen LogP contribution >= 0.6 is 0 Å². The summed E-state index contributed by atoms with van der Waals surface area (Å²) in [7, 11) is 0. The van der Waals surface area contributed by atoms with Gasteiger partial charge in [-0.25, -0.2) is 24.5 Å². The second kappa shape index (κ2) is 12.7. The van der Waals surface area contributed by atoms with Crippen LogP contribution in [0.3, 0.4) is 0 Å². The van der Waals surface area contributed by atoms with Gasteiger partial charge in [0.1, 0.15) is 22.8 Å². The molecule has 4 heterocycles. The Hall–Kier alpha value is -4.72. The molecule has 45 heavy (non-hydrogen) atoms. The number of hydrogen-bond donors (Lipinski definition) is 1. The first-order valence-corrected chi connectivity index (χ1v) is 15.4. The quantitative estimate of drug-likeness (QED) is 0.308. The number of carbonyl (C=O) groups excluding carboxylic acids is 2. The van der Waals surface area contributed by atoms with Crippen molar-refractivity contribution in [3.05, 3.63) is 60.0 Å². The summed E-state index contributed by atoms with van der Waals surface area (Å²) in [6, 6.07) is 11.4. The van der Waals surface area contributed by atoms with Gasteiger partial charge in [-0.1, -0.05) is 0 Å². The summed E-state index contributed by atoms with van der Waals surface area (Å²) in [6.45, 7) is 12.2. The Balaban J connectivity index is 1.41. The molecule has 0 spiro atoms. The SMILES string of the molecule is CC(C)(C)OC(=O)N1CCC(Nc2cncc(-c3cc(C4CC4)cc(N(C(=O)OC(C)(C)C)c4cc(C#N)ccn4)n3)c2)CC1. The van der Waals surface area contributed by atoms with Crippen LogP contribution in [0.15, 0.2) is 48.9 Å². The van der Waals surface area contributed by atoms with Gasteiger partial charge in [-0.2, -0.15) is 5.26 Å². The Labute approximate surface area is 264 Å². The zero-order chi connectivity index (χ0) is 32.4. The number of nitrogens with zero attached hydrogens (tertiary/aromatic N) is 6. The molecule has 3 aromatic heterocycles. The maximum atomic E-state index is 13.6. The van der Waals surface area contributed by atoms with Crippen LogP contribution in [-0.2, 0) is 9.47 Å². The number of pyridine rings is 3. The number of carbonyl (C=O) groups is 2. The molecular weight excluding hydrogens is 570 g/mol. The lowest BCUT2D eigenvalue weighted by Gasteiger charge is -2.34. The maximum absolute atomic E-state index is 13.6. The molecule has 0 bridgehead atoms. The standard InChI is InChI=1S/C34H41N7O4/c1-33(2,3)44-31(42)40-13-10-26(11-14-40)38-27-16-25(20-36-21-27)28-17-24(23-7-8-23)18-30(39-28)41(32(43)45-34(4,5)6)29-15-22(19-35)9-12-37-29/h9,12,15-18,20-21,23,26,38H,7-8,10-11,13-14H2,1-6H3. The number of amides is 2. The monoisotopic (exact) mass is 611 g/mol. The van der Waals surface area contributed by atoms with E-state index in [4.69, 9.17) is 14.5 Å². The molecule has 1 aliphatic heterocycles. The van der Waals surface area contributed by atoms with E-state index in [1.807, 2.05) is 39.0 Å². The smallest absolute Gasteiger partial charge is 0.421 e. The lowest BCUT2D eigenvalue weighted by Crippen LogP contribution is -2.44. The van der Waals surface area contributed by atoms with E-state index < -0.39 is 17.3 Å². The normalized spacial score (nSPS) is 15.6. The van der Waals surface area contributed by atoms with Gasteiger partial charge in [0.2, 0.25) is 0 Å². The van der Waals surface area contributed by atoms with Gasteiger partial charge in [0.15, 0.2) is 0 Å². The average molecular weight is 612 g/mol. The number of rotatable bonds is 6. The molecule has 3 aromatic rings. The van der Waals surface area contributed by atoms with E-state index in [0.29, 0.717) is 36.1 Å². The van der Waals surface area contributed by atoms with Gasteiger partial charge in [-0.15, -0.1) is 0 Å². The van der Waals surface area contributed by atoms with E-state index in [2.05, 4.69) is 21.4 Å². The van der Waals surface area contributed by atoms with Crippen molar-refractivity contribution in [3.63, 3.8) is 0 Å². The van der Waals surface area contributed by atoms with E-state index in [0.717, 1.165) is 42.5 Å². The maximum Gasteiger partial charge on any atom is 0.421 e. The highest BCUT2D eigenvalue weighted by Crippen LogP contribution is 2.43. The van der Waals surface area contributed by atoms with Crippen molar-refractivity contribution in [1.82, 2.24) is 19.9 Å². The summed E-state index contributed by atoms with van der Waals surface area (Å²) in [5.74, 6) is 0.980. The first kappa shape index (κ1) is 31.7. The number of nitriles is 1. The molecule has 0 aromatic carbocycles. The van der Waals surface area contributed by atoms with E-state index in [9.17, 15) is 14.9 Å². The molecule has 1 saturated heterocycles. The van der Waals surface area contributed by atoms with Crippen molar-refractivity contribution in [2.75, 3.05) is 23.3 Å². The van der Waals surface area contributed by atoms with Gasteiger partial charge >= 0.3 is 12.2 Å². The van der Waals surface area contributed by atoms with Crippen LogP contribution in [0.1, 0.15) is 84.3 Å². The Kier molecular flexibility index (Phi) is 8.96. The number of ether oxygens (including phenoxy) is 2. The number of nitrogens with one attached hydrogen (secondary N) is 1. The second-order valence-corrected chi connectivity index (χ2v) is 13.6. The van der Waals surface area contributed by atoms with Gasteiger partial charge in [0, 0.05) is 43.3 Å². The molecule has 2 fully saturated rings. The van der Waals surface area contributed by atoms with Crippen molar-refractivity contribution in [2.45, 2.75) is 90.4 Å². The predicted molar refractivity (Wildman–Crippen MR) is 171 cm³/mol. The van der Waals surface area contributed by atoms with Crippen molar-refractivity contribution >= 4 is 29.5 Å². The lowest BCUT2D eigenvalue weighted by molar-refractivity contribution is 0.0210. The highest BCUT2D eigenvalue weighted by atomic mass is 16.6. The van der Waals surface area contributed by atoms with Crippen LogP contribution in [-0.4, -0.2) is 62.4 Å².